The number of nitrogens with one attached hydrogen (secondary N) is 1. The fourth-order valence-corrected chi connectivity index (χ4v) is 6.30. The maximum Gasteiger partial charge on any atom is 0.133 e. The smallest absolute Gasteiger partial charge is 0.133 e. The van der Waals surface area contributed by atoms with Crippen LogP contribution in [0.2, 0.25) is 0 Å². The van der Waals surface area contributed by atoms with E-state index in [0.29, 0.717) is 11.3 Å². The zero-order chi connectivity index (χ0) is 15.2. The monoisotopic (exact) mass is 389 g/mol. The SMILES string of the molecule is CCNC(Cc1ccc(OC)c(Br)c1)C1SCCSC1C. The molecule has 1 fully saturated rings. The van der Waals surface area contributed by atoms with E-state index < -0.39 is 0 Å². The lowest BCUT2D eigenvalue weighted by molar-refractivity contribution is 0.411. The van der Waals surface area contributed by atoms with E-state index in [2.05, 4.69) is 76.8 Å². The van der Waals surface area contributed by atoms with Gasteiger partial charge >= 0.3 is 0 Å². The minimum atomic E-state index is 0.531. The Hall–Kier alpha value is 0.160. The molecule has 1 N–H and O–H groups in total. The Morgan fingerprint density at radius 1 is 1.38 bits per heavy atom. The lowest BCUT2D eigenvalue weighted by Gasteiger charge is -2.35. The molecule has 1 aliphatic rings. The van der Waals surface area contributed by atoms with Gasteiger partial charge in [0, 0.05) is 28.0 Å². The maximum absolute atomic E-state index is 5.32. The minimum absolute atomic E-state index is 0.531. The molecule has 0 amide bonds. The minimum Gasteiger partial charge on any atom is -0.496 e. The summed E-state index contributed by atoms with van der Waals surface area (Å²) in [5.41, 5.74) is 1.36. The number of ether oxygens (including phenoxy) is 1. The first kappa shape index (κ1) is 17.5. The Bertz CT molecular complexity index is 458. The Morgan fingerprint density at radius 2 is 2.14 bits per heavy atom. The maximum atomic E-state index is 5.32. The van der Waals surface area contributed by atoms with Crippen LogP contribution in [0.4, 0.5) is 0 Å². The molecule has 1 aromatic carbocycles. The molecule has 3 atom stereocenters. The van der Waals surface area contributed by atoms with Gasteiger partial charge in [-0.05, 0) is 46.6 Å². The molecule has 5 heteroatoms. The molecule has 0 radical (unpaired) electrons. The summed E-state index contributed by atoms with van der Waals surface area (Å²) in [6.45, 7) is 5.59. The molecule has 3 unspecified atom stereocenters. The molecule has 1 saturated heterocycles. The fraction of sp³-hybridized carbons (Fsp3) is 0.625. The van der Waals surface area contributed by atoms with Crippen LogP contribution in [-0.4, -0.2) is 41.7 Å². The van der Waals surface area contributed by atoms with Gasteiger partial charge < -0.3 is 10.1 Å². The van der Waals surface area contributed by atoms with Crippen LogP contribution in [0, 0.1) is 0 Å². The van der Waals surface area contributed by atoms with Crippen molar-refractivity contribution in [3.8, 4) is 5.75 Å². The molecule has 1 heterocycles. The third kappa shape index (κ3) is 4.81. The summed E-state index contributed by atoms with van der Waals surface area (Å²) in [6.07, 6.45) is 1.07. The third-order valence-corrected chi connectivity index (χ3v) is 7.64. The topological polar surface area (TPSA) is 21.3 Å². The van der Waals surface area contributed by atoms with Gasteiger partial charge in [0.1, 0.15) is 5.75 Å². The highest BCUT2D eigenvalue weighted by Gasteiger charge is 2.30. The van der Waals surface area contributed by atoms with E-state index in [1.165, 1.54) is 17.1 Å². The number of likely N-dealkylation sites (N-methyl/N-ethyl adjacent to an activating group) is 1. The molecule has 0 bridgehead atoms. The summed E-state index contributed by atoms with van der Waals surface area (Å²) in [5, 5.41) is 5.10. The van der Waals surface area contributed by atoms with Gasteiger partial charge in [-0.15, -0.1) is 0 Å². The first-order valence-electron chi connectivity index (χ1n) is 7.44. The van der Waals surface area contributed by atoms with Crippen molar-refractivity contribution in [3.63, 3.8) is 0 Å². The van der Waals surface area contributed by atoms with E-state index in [0.717, 1.165) is 28.4 Å². The van der Waals surface area contributed by atoms with Gasteiger partial charge in [0.25, 0.3) is 0 Å². The number of hydrogen-bond donors (Lipinski definition) is 1. The van der Waals surface area contributed by atoms with Gasteiger partial charge in [0.05, 0.1) is 11.6 Å². The first-order chi connectivity index (χ1) is 10.2. The number of halogens is 1. The molecular weight excluding hydrogens is 366 g/mol. The molecule has 2 nitrogen and oxygen atoms in total. The van der Waals surface area contributed by atoms with Gasteiger partial charge in [-0.25, -0.2) is 0 Å². The number of benzene rings is 1. The normalized spacial score (nSPS) is 23.8. The van der Waals surface area contributed by atoms with Gasteiger partial charge in [0.2, 0.25) is 0 Å². The molecule has 0 saturated carbocycles. The van der Waals surface area contributed by atoms with Crippen molar-refractivity contribution >= 4 is 39.5 Å². The summed E-state index contributed by atoms with van der Waals surface area (Å²) < 4.78 is 6.35. The number of thioether (sulfide) groups is 2. The van der Waals surface area contributed by atoms with Crippen LogP contribution in [0.15, 0.2) is 22.7 Å². The Balaban J connectivity index is 2.10. The zero-order valence-electron chi connectivity index (χ0n) is 12.9. The standard InChI is InChI=1S/C16H24BrNOS2/c1-4-18-14(16-11(2)20-7-8-21-16)10-12-5-6-15(19-3)13(17)9-12/h5-6,9,11,14,16,18H,4,7-8,10H2,1-3H3. The van der Waals surface area contributed by atoms with E-state index in [1.807, 2.05) is 0 Å². The zero-order valence-corrected chi connectivity index (χ0v) is 16.1. The van der Waals surface area contributed by atoms with Crippen LogP contribution < -0.4 is 10.1 Å². The molecule has 2 rings (SSSR count). The van der Waals surface area contributed by atoms with Crippen LogP contribution in [0.1, 0.15) is 19.4 Å². The van der Waals surface area contributed by atoms with Crippen LogP contribution in [0.3, 0.4) is 0 Å². The van der Waals surface area contributed by atoms with Crippen molar-refractivity contribution in [2.24, 2.45) is 0 Å². The molecule has 118 valence electrons. The van der Waals surface area contributed by atoms with Crippen LogP contribution in [0.25, 0.3) is 0 Å². The first-order valence-corrected chi connectivity index (χ1v) is 10.3. The van der Waals surface area contributed by atoms with E-state index >= 15 is 0 Å². The van der Waals surface area contributed by atoms with Crippen molar-refractivity contribution < 1.29 is 4.74 Å². The predicted octanol–water partition coefficient (Wildman–Crippen LogP) is 4.22. The van der Waals surface area contributed by atoms with Crippen LogP contribution in [0.5, 0.6) is 5.75 Å². The lowest BCUT2D eigenvalue weighted by atomic mass is 10.0. The summed E-state index contributed by atoms with van der Waals surface area (Å²) in [7, 11) is 1.71. The largest absolute Gasteiger partial charge is 0.496 e. The molecular formula is C16H24BrNOS2. The average molecular weight is 390 g/mol. The second kappa shape index (κ2) is 8.70. The molecule has 0 aromatic heterocycles. The summed E-state index contributed by atoms with van der Waals surface area (Å²) in [4.78, 5) is 0. The van der Waals surface area contributed by atoms with Gasteiger partial charge in [0.15, 0.2) is 0 Å². The van der Waals surface area contributed by atoms with Crippen molar-refractivity contribution in [3.05, 3.63) is 28.2 Å². The number of rotatable bonds is 6. The lowest BCUT2D eigenvalue weighted by Crippen LogP contribution is -2.45. The average Bonchev–Trinajstić information content (AvgIpc) is 2.47. The Labute approximate surface area is 145 Å². The van der Waals surface area contributed by atoms with Gasteiger partial charge in [-0.2, -0.15) is 23.5 Å². The van der Waals surface area contributed by atoms with Crippen LogP contribution >= 0.6 is 39.5 Å². The Morgan fingerprint density at radius 3 is 2.76 bits per heavy atom. The van der Waals surface area contributed by atoms with Crippen molar-refractivity contribution in [1.82, 2.24) is 5.32 Å². The fourth-order valence-electron chi connectivity index (χ4n) is 2.75. The van der Waals surface area contributed by atoms with Crippen LogP contribution in [-0.2, 0) is 6.42 Å². The molecule has 1 aliphatic heterocycles. The highest BCUT2D eigenvalue weighted by Crippen LogP contribution is 2.34. The van der Waals surface area contributed by atoms with E-state index in [1.54, 1.807) is 7.11 Å². The summed E-state index contributed by atoms with van der Waals surface area (Å²) in [5.74, 6) is 3.46. The second-order valence-electron chi connectivity index (χ2n) is 5.25. The third-order valence-electron chi connectivity index (χ3n) is 3.77. The summed E-state index contributed by atoms with van der Waals surface area (Å²) >= 11 is 7.83. The summed E-state index contributed by atoms with van der Waals surface area (Å²) in [6, 6.07) is 6.95. The van der Waals surface area contributed by atoms with Gasteiger partial charge in [-0.3, -0.25) is 0 Å². The van der Waals surface area contributed by atoms with E-state index in [4.69, 9.17) is 4.74 Å². The molecule has 21 heavy (non-hydrogen) atoms. The molecule has 0 aliphatic carbocycles. The van der Waals surface area contributed by atoms with E-state index in [-0.39, 0.29) is 0 Å². The number of methoxy groups -OCH3 is 1. The highest BCUT2D eigenvalue weighted by molar-refractivity contribution is 9.10. The highest BCUT2D eigenvalue weighted by atomic mass is 79.9. The molecule has 0 spiro atoms. The second-order valence-corrected chi connectivity index (χ2v) is 8.87. The van der Waals surface area contributed by atoms with Gasteiger partial charge in [-0.1, -0.05) is 19.9 Å². The van der Waals surface area contributed by atoms with Crippen molar-refractivity contribution in [2.45, 2.75) is 36.8 Å². The quantitative estimate of drug-likeness (QED) is 0.785. The van der Waals surface area contributed by atoms with Crippen molar-refractivity contribution in [2.75, 3.05) is 25.2 Å². The predicted molar refractivity (Wildman–Crippen MR) is 100 cm³/mol. The molecule has 1 aromatic rings. The van der Waals surface area contributed by atoms with E-state index in [9.17, 15) is 0 Å². The Kier molecular flexibility index (Phi) is 7.26. The van der Waals surface area contributed by atoms with Crippen molar-refractivity contribution in [1.29, 1.82) is 0 Å². The number of hydrogen-bond acceptors (Lipinski definition) is 4.